The number of aromatic nitrogens is 4. The summed E-state index contributed by atoms with van der Waals surface area (Å²) in [5.41, 5.74) is 3.27. The van der Waals surface area contributed by atoms with Crippen LogP contribution < -0.4 is 5.32 Å². The molecule has 0 aromatic carbocycles. The lowest BCUT2D eigenvalue weighted by Crippen LogP contribution is -2.25. The molecule has 0 saturated carbocycles. The standard InChI is InChI=1S/C15H19N5/c1-10-17-6-5-14(19-10)15-18-9-12-7-11(8-16-2)3-4-13(12)20-15/h5-6,9,11,16H,3-4,7-8H2,1-2H3. The quantitative estimate of drug-likeness (QED) is 0.916. The molecule has 0 fully saturated rings. The molecule has 0 aliphatic heterocycles. The van der Waals surface area contributed by atoms with Crippen LogP contribution in [0.15, 0.2) is 18.5 Å². The van der Waals surface area contributed by atoms with Crippen molar-refractivity contribution in [3.05, 3.63) is 35.5 Å². The molecule has 1 unspecified atom stereocenters. The summed E-state index contributed by atoms with van der Waals surface area (Å²) in [6.45, 7) is 2.94. The normalized spacial score (nSPS) is 17.8. The molecule has 1 atom stereocenters. The fourth-order valence-electron chi connectivity index (χ4n) is 2.75. The SMILES string of the molecule is CNCC1CCc2nc(-c3ccnc(C)n3)ncc2C1. The van der Waals surface area contributed by atoms with Crippen LogP contribution in [0.2, 0.25) is 0 Å². The first-order chi connectivity index (χ1) is 9.76. The summed E-state index contributed by atoms with van der Waals surface area (Å²) in [5, 5.41) is 3.25. The van der Waals surface area contributed by atoms with E-state index in [9.17, 15) is 0 Å². The van der Waals surface area contributed by atoms with E-state index >= 15 is 0 Å². The Morgan fingerprint density at radius 1 is 1.30 bits per heavy atom. The highest BCUT2D eigenvalue weighted by atomic mass is 15.0. The second kappa shape index (κ2) is 5.63. The molecule has 104 valence electrons. The van der Waals surface area contributed by atoms with Crippen molar-refractivity contribution in [2.24, 2.45) is 5.92 Å². The van der Waals surface area contributed by atoms with E-state index in [1.807, 2.05) is 26.2 Å². The molecular weight excluding hydrogens is 250 g/mol. The zero-order chi connectivity index (χ0) is 13.9. The van der Waals surface area contributed by atoms with Crippen LogP contribution in [0.5, 0.6) is 0 Å². The van der Waals surface area contributed by atoms with Gasteiger partial charge in [0.25, 0.3) is 0 Å². The Kier molecular flexibility index (Phi) is 3.69. The van der Waals surface area contributed by atoms with Crippen LogP contribution in [0.3, 0.4) is 0 Å². The monoisotopic (exact) mass is 269 g/mol. The Bertz CT molecular complexity index is 611. The van der Waals surface area contributed by atoms with Gasteiger partial charge in [-0.25, -0.2) is 19.9 Å². The molecular formula is C15H19N5. The van der Waals surface area contributed by atoms with Crippen molar-refractivity contribution >= 4 is 0 Å². The topological polar surface area (TPSA) is 63.6 Å². The average molecular weight is 269 g/mol. The maximum absolute atomic E-state index is 4.70. The fraction of sp³-hybridized carbons (Fsp3) is 0.467. The molecule has 0 amide bonds. The van der Waals surface area contributed by atoms with Gasteiger partial charge in [-0.15, -0.1) is 0 Å². The highest BCUT2D eigenvalue weighted by molar-refractivity contribution is 5.49. The van der Waals surface area contributed by atoms with Crippen molar-refractivity contribution in [2.75, 3.05) is 13.6 Å². The number of fused-ring (bicyclic) bond motifs is 1. The van der Waals surface area contributed by atoms with Crippen molar-refractivity contribution in [3.8, 4) is 11.5 Å². The number of nitrogens with zero attached hydrogens (tertiary/aromatic N) is 4. The molecule has 5 nitrogen and oxygen atoms in total. The minimum absolute atomic E-state index is 0.697. The van der Waals surface area contributed by atoms with Gasteiger partial charge in [0.2, 0.25) is 0 Å². The van der Waals surface area contributed by atoms with Gasteiger partial charge in [-0.05, 0) is 57.3 Å². The van der Waals surface area contributed by atoms with E-state index in [1.54, 1.807) is 6.20 Å². The van der Waals surface area contributed by atoms with E-state index in [2.05, 4.69) is 20.3 Å². The Balaban J connectivity index is 1.87. The molecule has 20 heavy (non-hydrogen) atoms. The zero-order valence-electron chi connectivity index (χ0n) is 11.9. The van der Waals surface area contributed by atoms with E-state index in [0.29, 0.717) is 11.7 Å². The van der Waals surface area contributed by atoms with Crippen LogP contribution in [0.4, 0.5) is 0 Å². The molecule has 1 N–H and O–H groups in total. The van der Waals surface area contributed by atoms with Crippen molar-refractivity contribution in [2.45, 2.75) is 26.2 Å². The highest BCUT2D eigenvalue weighted by Crippen LogP contribution is 2.25. The van der Waals surface area contributed by atoms with Gasteiger partial charge in [0.1, 0.15) is 11.5 Å². The first-order valence-electron chi connectivity index (χ1n) is 7.05. The summed E-state index contributed by atoms with van der Waals surface area (Å²) in [6.07, 6.45) is 7.01. The first-order valence-corrected chi connectivity index (χ1v) is 7.05. The molecule has 1 aliphatic rings. The van der Waals surface area contributed by atoms with Gasteiger partial charge in [-0.3, -0.25) is 0 Å². The summed E-state index contributed by atoms with van der Waals surface area (Å²) >= 11 is 0. The largest absolute Gasteiger partial charge is 0.319 e. The molecule has 0 bridgehead atoms. The van der Waals surface area contributed by atoms with Crippen molar-refractivity contribution in [3.63, 3.8) is 0 Å². The minimum Gasteiger partial charge on any atom is -0.319 e. The second-order valence-corrected chi connectivity index (χ2v) is 5.32. The van der Waals surface area contributed by atoms with Gasteiger partial charge >= 0.3 is 0 Å². The molecule has 1 aliphatic carbocycles. The van der Waals surface area contributed by atoms with Crippen LogP contribution in [0.1, 0.15) is 23.5 Å². The number of nitrogens with one attached hydrogen (secondary N) is 1. The molecule has 0 radical (unpaired) electrons. The number of rotatable bonds is 3. The van der Waals surface area contributed by atoms with Gasteiger partial charge in [0.05, 0.1) is 0 Å². The molecule has 3 rings (SSSR count). The predicted molar refractivity (Wildman–Crippen MR) is 77.2 cm³/mol. The zero-order valence-corrected chi connectivity index (χ0v) is 11.9. The second-order valence-electron chi connectivity index (χ2n) is 5.32. The highest BCUT2D eigenvalue weighted by Gasteiger charge is 2.20. The van der Waals surface area contributed by atoms with Crippen molar-refractivity contribution in [1.82, 2.24) is 25.3 Å². The third kappa shape index (κ3) is 2.67. The van der Waals surface area contributed by atoms with E-state index < -0.39 is 0 Å². The van der Waals surface area contributed by atoms with E-state index in [-0.39, 0.29) is 0 Å². The van der Waals surface area contributed by atoms with Crippen LogP contribution in [0.25, 0.3) is 11.5 Å². The third-order valence-corrected chi connectivity index (χ3v) is 3.75. The van der Waals surface area contributed by atoms with Crippen LogP contribution in [-0.4, -0.2) is 33.5 Å². The summed E-state index contributed by atoms with van der Waals surface area (Å²) in [6, 6.07) is 1.86. The third-order valence-electron chi connectivity index (χ3n) is 3.75. The Morgan fingerprint density at radius 3 is 3.00 bits per heavy atom. The van der Waals surface area contributed by atoms with E-state index in [4.69, 9.17) is 4.98 Å². The van der Waals surface area contributed by atoms with Crippen LogP contribution >= 0.6 is 0 Å². The lowest BCUT2D eigenvalue weighted by molar-refractivity contribution is 0.434. The Labute approximate surface area is 118 Å². The Morgan fingerprint density at radius 2 is 2.20 bits per heavy atom. The molecule has 2 aromatic heterocycles. The van der Waals surface area contributed by atoms with Gasteiger partial charge in [-0.1, -0.05) is 0 Å². The maximum Gasteiger partial charge on any atom is 0.178 e. The molecule has 0 spiro atoms. The van der Waals surface area contributed by atoms with Crippen LogP contribution in [0, 0.1) is 12.8 Å². The van der Waals surface area contributed by atoms with Crippen molar-refractivity contribution in [1.29, 1.82) is 0 Å². The average Bonchev–Trinajstić information content (AvgIpc) is 2.47. The number of hydrogen-bond acceptors (Lipinski definition) is 5. The van der Waals surface area contributed by atoms with Gasteiger partial charge in [0, 0.05) is 18.1 Å². The van der Waals surface area contributed by atoms with E-state index in [1.165, 1.54) is 17.7 Å². The van der Waals surface area contributed by atoms with E-state index in [0.717, 1.165) is 30.9 Å². The summed E-state index contributed by atoms with van der Waals surface area (Å²) in [4.78, 5) is 17.7. The summed E-state index contributed by atoms with van der Waals surface area (Å²) < 4.78 is 0. The summed E-state index contributed by atoms with van der Waals surface area (Å²) in [5.74, 6) is 2.16. The fourth-order valence-corrected chi connectivity index (χ4v) is 2.75. The predicted octanol–water partition coefficient (Wildman–Crippen LogP) is 1.57. The molecule has 5 heteroatoms. The number of hydrogen-bond donors (Lipinski definition) is 1. The van der Waals surface area contributed by atoms with Crippen molar-refractivity contribution < 1.29 is 0 Å². The van der Waals surface area contributed by atoms with Gasteiger partial charge in [0.15, 0.2) is 5.82 Å². The lowest BCUT2D eigenvalue weighted by atomic mass is 9.87. The molecule has 0 saturated heterocycles. The van der Waals surface area contributed by atoms with Crippen LogP contribution in [-0.2, 0) is 12.8 Å². The smallest absolute Gasteiger partial charge is 0.178 e. The molecule has 2 aromatic rings. The molecule has 2 heterocycles. The first kappa shape index (κ1) is 13.1. The van der Waals surface area contributed by atoms with Gasteiger partial charge < -0.3 is 5.32 Å². The Hall–Kier alpha value is -1.88. The minimum atomic E-state index is 0.697. The number of aryl methyl sites for hydroxylation is 2. The van der Waals surface area contributed by atoms with Gasteiger partial charge in [-0.2, -0.15) is 0 Å². The maximum atomic E-state index is 4.70. The summed E-state index contributed by atoms with van der Waals surface area (Å²) in [7, 11) is 2.01. The lowest BCUT2D eigenvalue weighted by Gasteiger charge is -2.23.